The van der Waals surface area contributed by atoms with Gasteiger partial charge in [0.1, 0.15) is 0 Å². The maximum atomic E-state index is 10.2. The van der Waals surface area contributed by atoms with Gasteiger partial charge >= 0.3 is 10.4 Å². The lowest BCUT2D eigenvalue weighted by Gasteiger charge is -2.04. The molecule has 3 aromatic rings. The first kappa shape index (κ1) is 16.6. The van der Waals surface area contributed by atoms with Crippen molar-refractivity contribution in [1.82, 2.24) is 0 Å². The van der Waals surface area contributed by atoms with Gasteiger partial charge in [-0.15, -0.1) is 0 Å². The molecule has 0 saturated carbocycles. The maximum absolute atomic E-state index is 10.2. The Hall–Kier alpha value is -2.77. The highest BCUT2D eigenvalue weighted by atomic mass is 32.3. The van der Waals surface area contributed by atoms with Gasteiger partial charge in [0.2, 0.25) is 5.75 Å². The number of hydrogen-bond donors (Lipinski definition) is 3. The van der Waals surface area contributed by atoms with Crippen molar-refractivity contribution in [2.75, 3.05) is 0 Å². The number of aromatic hydroxyl groups is 2. The van der Waals surface area contributed by atoms with Crippen LogP contribution in [0.3, 0.4) is 0 Å². The molecule has 0 unspecified atom stereocenters. The summed E-state index contributed by atoms with van der Waals surface area (Å²) in [6, 6.07) is 20.2. The Morgan fingerprint density at radius 1 is 0.739 bits per heavy atom. The maximum Gasteiger partial charge on any atom is 0.446 e. The van der Waals surface area contributed by atoms with Crippen LogP contribution in [0, 0.1) is 0 Å². The molecule has 0 fully saturated rings. The number of phenolic OH excluding ortho intramolecular Hbond substituents is 2. The quantitative estimate of drug-likeness (QED) is 0.491. The molecule has 0 amide bonds. The van der Waals surface area contributed by atoms with E-state index in [0.29, 0.717) is 0 Å². The van der Waals surface area contributed by atoms with Crippen molar-refractivity contribution in [3.05, 3.63) is 66.7 Å². The summed E-state index contributed by atoms with van der Waals surface area (Å²) in [6.45, 7) is 0. The van der Waals surface area contributed by atoms with Gasteiger partial charge in [-0.1, -0.05) is 54.6 Å². The van der Waals surface area contributed by atoms with E-state index < -0.39 is 27.6 Å². The fourth-order valence-electron chi connectivity index (χ4n) is 1.82. The van der Waals surface area contributed by atoms with Gasteiger partial charge in [-0.3, -0.25) is 4.55 Å². The van der Waals surface area contributed by atoms with E-state index in [-0.39, 0.29) is 0 Å². The highest BCUT2D eigenvalue weighted by molar-refractivity contribution is 7.81. The Morgan fingerprint density at radius 2 is 1.22 bits per heavy atom. The molecule has 0 spiro atoms. The van der Waals surface area contributed by atoms with Crippen LogP contribution in [0.1, 0.15) is 0 Å². The zero-order valence-corrected chi connectivity index (χ0v) is 12.6. The standard InChI is InChI=1S/C10H8.C6H6O6S/c1-2-6-10-8-4-3-7-9(10)5-1;7-4-2-1-3-5(6(4)8)12-13(9,10)11/h1-8H;1-3,7-8H,(H,9,10,11). The summed E-state index contributed by atoms with van der Waals surface area (Å²) < 4.78 is 32.6. The second kappa shape index (κ2) is 6.99. The van der Waals surface area contributed by atoms with Gasteiger partial charge in [-0.25, -0.2) is 0 Å². The molecule has 0 aromatic heterocycles. The molecule has 120 valence electrons. The molecule has 0 bridgehead atoms. The van der Waals surface area contributed by atoms with E-state index in [9.17, 15) is 8.42 Å². The second-order valence-electron chi connectivity index (χ2n) is 4.48. The van der Waals surface area contributed by atoms with Crippen LogP contribution in [0.2, 0.25) is 0 Å². The number of para-hydroxylation sites is 1. The van der Waals surface area contributed by atoms with Crippen LogP contribution in [0.25, 0.3) is 10.8 Å². The minimum Gasteiger partial charge on any atom is -0.504 e. The van der Waals surface area contributed by atoms with Gasteiger partial charge in [-0.05, 0) is 22.9 Å². The minimum atomic E-state index is -4.69. The molecule has 0 saturated heterocycles. The molecular formula is C16H14O6S. The van der Waals surface area contributed by atoms with Crippen LogP contribution in [0.5, 0.6) is 17.2 Å². The predicted molar refractivity (Wildman–Crippen MR) is 85.9 cm³/mol. The number of benzene rings is 3. The lowest BCUT2D eigenvalue weighted by molar-refractivity contribution is 0.357. The van der Waals surface area contributed by atoms with Crippen molar-refractivity contribution in [2.24, 2.45) is 0 Å². The fourth-order valence-corrected chi connectivity index (χ4v) is 2.19. The summed E-state index contributed by atoms with van der Waals surface area (Å²) in [5.74, 6) is -1.83. The molecule has 23 heavy (non-hydrogen) atoms. The summed E-state index contributed by atoms with van der Waals surface area (Å²) in [4.78, 5) is 0. The molecule has 3 rings (SSSR count). The van der Waals surface area contributed by atoms with Crippen LogP contribution >= 0.6 is 0 Å². The SMILES string of the molecule is O=S(=O)(O)Oc1cccc(O)c1O.c1ccc2ccccc2c1. The molecule has 6 nitrogen and oxygen atoms in total. The van der Waals surface area contributed by atoms with Crippen LogP contribution in [-0.4, -0.2) is 23.2 Å². The Bertz CT molecular complexity index is 840. The Morgan fingerprint density at radius 3 is 1.65 bits per heavy atom. The first-order valence-electron chi connectivity index (χ1n) is 6.48. The Kier molecular flexibility index (Phi) is 5.05. The zero-order valence-electron chi connectivity index (χ0n) is 11.8. The molecule has 0 atom stereocenters. The van der Waals surface area contributed by atoms with E-state index in [1.54, 1.807) is 0 Å². The molecule has 3 aromatic carbocycles. The summed E-state index contributed by atoms with van der Waals surface area (Å²) in [5, 5.41) is 20.5. The minimum absolute atomic E-state index is 0.539. The van der Waals surface area contributed by atoms with Crippen LogP contribution in [-0.2, 0) is 10.4 Å². The number of phenols is 2. The molecule has 7 heteroatoms. The largest absolute Gasteiger partial charge is 0.504 e. The Labute approximate surface area is 133 Å². The van der Waals surface area contributed by atoms with Gasteiger partial charge in [0.05, 0.1) is 0 Å². The topological polar surface area (TPSA) is 104 Å². The summed E-state index contributed by atoms with van der Waals surface area (Å²) >= 11 is 0. The van der Waals surface area contributed by atoms with Crippen molar-refractivity contribution in [3.63, 3.8) is 0 Å². The fraction of sp³-hybridized carbons (Fsp3) is 0. The number of fused-ring (bicyclic) bond motifs is 1. The average Bonchev–Trinajstić information content (AvgIpc) is 2.51. The normalized spacial score (nSPS) is 10.7. The third-order valence-corrected chi connectivity index (χ3v) is 3.22. The van der Waals surface area contributed by atoms with E-state index in [1.165, 1.54) is 16.8 Å². The third kappa shape index (κ3) is 4.87. The lowest BCUT2D eigenvalue weighted by atomic mass is 10.1. The van der Waals surface area contributed by atoms with E-state index in [4.69, 9.17) is 14.8 Å². The lowest BCUT2D eigenvalue weighted by Crippen LogP contribution is -2.06. The zero-order chi connectivity index (χ0) is 16.9. The van der Waals surface area contributed by atoms with Crippen molar-refractivity contribution in [1.29, 1.82) is 0 Å². The number of rotatable bonds is 2. The van der Waals surface area contributed by atoms with Crippen LogP contribution < -0.4 is 4.18 Å². The van der Waals surface area contributed by atoms with Gasteiger partial charge in [0.25, 0.3) is 0 Å². The van der Waals surface area contributed by atoms with Gasteiger partial charge in [0, 0.05) is 0 Å². The summed E-state index contributed by atoms with van der Waals surface area (Å²) in [5.41, 5.74) is 0. The van der Waals surface area contributed by atoms with Crippen LogP contribution in [0.15, 0.2) is 66.7 Å². The monoisotopic (exact) mass is 334 g/mol. The molecule has 0 radical (unpaired) electrons. The molecule has 0 heterocycles. The van der Waals surface area contributed by atoms with Gasteiger partial charge < -0.3 is 14.4 Å². The molecule has 3 N–H and O–H groups in total. The van der Waals surface area contributed by atoms with Gasteiger partial charge in [0.15, 0.2) is 11.5 Å². The summed E-state index contributed by atoms with van der Waals surface area (Å²) in [7, 11) is -4.69. The van der Waals surface area contributed by atoms with E-state index in [0.717, 1.165) is 12.1 Å². The molecule has 0 aliphatic rings. The molecule has 0 aliphatic carbocycles. The Balaban J connectivity index is 0.000000172. The van der Waals surface area contributed by atoms with Crippen LogP contribution in [0.4, 0.5) is 0 Å². The van der Waals surface area contributed by atoms with Crippen molar-refractivity contribution in [3.8, 4) is 17.2 Å². The highest BCUT2D eigenvalue weighted by Crippen LogP contribution is 2.34. The molecule has 0 aliphatic heterocycles. The summed E-state index contributed by atoms with van der Waals surface area (Å²) in [6.07, 6.45) is 0. The second-order valence-corrected chi connectivity index (χ2v) is 5.50. The third-order valence-electron chi connectivity index (χ3n) is 2.83. The highest BCUT2D eigenvalue weighted by Gasteiger charge is 2.13. The van der Waals surface area contributed by atoms with Crippen molar-refractivity contribution in [2.45, 2.75) is 0 Å². The first-order chi connectivity index (χ1) is 10.9. The molecular weight excluding hydrogens is 320 g/mol. The van der Waals surface area contributed by atoms with E-state index in [2.05, 4.69) is 52.7 Å². The predicted octanol–water partition coefficient (Wildman–Crippen LogP) is 3.12. The average molecular weight is 334 g/mol. The van der Waals surface area contributed by atoms with E-state index in [1.807, 2.05) is 0 Å². The number of hydrogen-bond acceptors (Lipinski definition) is 5. The van der Waals surface area contributed by atoms with Gasteiger partial charge in [-0.2, -0.15) is 8.42 Å². The smallest absolute Gasteiger partial charge is 0.446 e. The first-order valence-corrected chi connectivity index (χ1v) is 7.85. The van der Waals surface area contributed by atoms with E-state index >= 15 is 0 Å². The van der Waals surface area contributed by atoms with Crippen molar-refractivity contribution >= 4 is 21.2 Å². The van der Waals surface area contributed by atoms with Crippen molar-refractivity contribution < 1.29 is 27.4 Å².